The molecule has 0 amide bonds. The van der Waals surface area contributed by atoms with Gasteiger partial charge in [0.2, 0.25) is 5.60 Å². The third-order valence-electron chi connectivity index (χ3n) is 8.02. The van der Waals surface area contributed by atoms with Gasteiger partial charge in [-0.1, -0.05) is 32.0 Å². The Kier molecular flexibility index (Phi) is 6.87. The van der Waals surface area contributed by atoms with E-state index in [0.717, 1.165) is 16.5 Å². The van der Waals surface area contributed by atoms with Gasteiger partial charge in [0.1, 0.15) is 12.7 Å². The van der Waals surface area contributed by atoms with Gasteiger partial charge in [-0.05, 0) is 24.6 Å². The van der Waals surface area contributed by atoms with Crippen LogP contribution in [0.2, 0.25) is 0 Å². The largest absolute Gasteiger partial charge is 0.473 e. The average molecular weight is 585 g/mol. The van der Waals surface area contributed by atoms with E-state index in [0.29, 0.717) is 11.4 Å². The summed E-state index contributed by atoms with van der Waals surface area (Å²) < 4.78 is 41.8. The van der Waals surface area contributed by atoms with Crippen molar-refractivity contribution in [2.45, 2.75) is 58.2 Å². The lowest BCUT2D eigenvalue weighted by molar-refractivity contribution is -0.171. The van der Waals surface area contributed by atoms with Crippen LogP contribution in [0.3, 0.4) is 0 Å². The van der Waals surface area contributed by atoms with Crippen LogP contribution in [0.1, 0.15) is 43.9 Å². The van der Waals surface area contributed by atoms with E-state index in [1.165, 1.54) is 6.92 Å². The van der Waals surface area contributed by atoms with Crippen molar-refractivity contribution in [2.24, 2.45) is 5.92 Å². The van der Waals surface area contributed by atoms with E-state index in [4.69, 9.17) is 28.2 Å². The summed E-state index contributed by atoms with van der Waals surface area (Å²) in [6.07, 6.45) is -1.29. The lowest BCUT2D eigenvalue weighted by Crippen LogP contribution is -2.46. The van der Waals surface area contributed by atoms with E-state index in [9.17, 15) is 23.8 Å². The SMILES string of the molecule is CC[C@@]1(OP(=O)(O)OC[C@H]2OC[C@H](OC(C)=O)[C@@H]2C)C(=O)OCc2c1cc1n(c2=O)Cc2cc3ccccc3nc2-1. The number of nitrogens with zero attached hydrogens (tertiary/aromatic N) is 2. The van der Waals surface area contributed by atoms with Crippen molar-refractivity contribution in [3.05, 3.63) is 63.4 Å². The van der Waals surface area contributed by atoms with Crippen molar-refractivity contribution in [3.63, 3.8) is 0 Å². The first-order chi connectivity index (χ1) is 19.5. The monoisotopic (exact) mass is 584 g/mol. The van der Waals surface area contributed by atoms with Crippen molar-refractivity contribution < 1.29 is 42.3 Å². The maximum absolute atomic E-state index is 13.7. The number of phosphoric ester groups is 1. The van der Waals surface area contributed by atoms with E-state index in [-0.39, 0.29) is 49.8 Å². The summed E-state index contributed by atoms with van der Waals surface area (Å²) in [6.45, 7) is 4.39. The number of carbonyl (C=O) groups is 2. The summed E-state index contributed by atoms with van der Waals surface area (Å²) >= 11 is 0. The number of hydrogen-bond donors (Lipinski definition) is 1. The van der Waals surface area contributed by atoms with Crippen LogP contribution in [-0.4, -0.2) is 51.8 Å². The molecule has 5 atom stereocenters. The van der Waals surface area contributed by atoms with E-state index >= 15 is 0 Å². The fourth-order valence-corrected chi connectivity index (χ4v) is 6.86. The Labute approximate surface area is 234 Å². The second-order valence-electron chi connectivity index (χ2n) is 10.5. The number of esters is 2. The summed E-state index contributed by atoms with van der Waals surface area (Å²) in [4.78, 5) is 53.8. The van der Waals surface area contributed by atoms with Gasteiger partial charge in [0.25, 0.3) is 5.56 Å². The van der Waals surface area contributed by atoms with Crippen molar-refractivity contribution in [3.8, 4) is 11.4 Å². The molecular formula is C28H29N2O10P. The second-order valence-corrected chi connectivity index (χ2v) is 11.9. The zero-order chi connectivity index (χ0) is 29.1. The highest BCUT2D eigenvalue weighted by molar-refractivity contribution is 7.47. The Balaban J connectivity index is 1.33. The molecular weight excluding hydrogens is 555 g/mol. The molecule has 1 aromatic carbocycles. The standard InChI is InChI=1S/C28H29N2O10P/c1-4-28(40-41(34,35)38-14-23-15(2)24(13-36-23)39-16(3)31)20-10-22-25-18(9-17-7-5-6-8-21(17)29-25)11-30(22)26(32)19(20)12-37-27(28)33/h5-10,15,23-24H,4,11-14H2,1-3H3,(H,34,35)/t15-,23-,24+,28+/m1/s1. The van der Waals surface area contributed by atoms with Gasteiger partial charge in [-0.3, -0.25) is 18.6 Å². The summed E-state index contributed by atoms with van der Waals surface area (Å²) in [5.74, 6) is -1.68. The molecule has 1 saturated heterocycles. The molecule has 12 nitrogen and oxygen atoms in total. The predicted molar refractivity (Wildman–Crippen MR) is 144 cm³/mol. The number of hydrogen-bond acceptors (Lipinski definition) is 10. The molecule has 0 aliphatic carbocycles. The first-order valence-corrected chi connectivity index (χ1v) is 14.8. The maximum Gasteiger partial charge on any atom is 0.473 e. The van der Waals surface area contributed by atoms with Gasteiger partial charge < -0.3 is 23.7 Å². The number of benzene rings is 1. The number of ether oxygens (including phenoxy) is 3. The van der Waals surface area contributed by atoms with Gasteiger partial charge in [-0.25, -0.2) is 14.3 Å². The molecule has 216 valence electrons. The van der Waals surface area contributed by atoms with Crippen LogP contribution >= 0.6 is 7.82 Å². The fourth-order valence-electron chi connectivity index (χ4n) is 5.77. The van der Waals surface area contributed by atoms with Crippen LogP contribution in [0.15, 0.2) is 41.2 Å². The number of phosphoric acid groups is 1. The summed E-state index contributed by atoms with van der Waals surface area (Å²) in [6, 6.07) is 11.2. The molecule has 1 fully saturated rings. The van der Waals surface area contributed by atoms with E-state index in [1.807, 2.05) is 30.3 Å². The molecule has 0 bridgehead atoms. The first kappa shape index (κ1) is 27.7. The molecule has 1 N–H and O–H groups in total. The van der Waals surface area contributed by atoms with E-state index in [1.54, 1.807) is 24.5 Å². The molecule has 3 aliphatic heterocycles. The number of pyridine rings is 2. The number of aromatic nitrogens is 2. The quantitative estimate of drug-likeness (QED) is 0.252. The van der Waals surface area contributed by atoms with Gasteiger partial charge in [0.15, 0.2) is 0 Å². The Bertz CT molecular complexity index is 1690. The highest BCUT2D eigenvalue weighted by Crippen LogP contribution is 2.54. The maximum atomic E-state index is 13.7. The molecule has 2 aromatic heterocycles. The van der Waals surface area contributed by atoms with Crippen LogP contribution in [-0.2, 0) is 56.2 Å². The van der Waals surface area contributed by atoms with Crippen LogP contribution in [0.4, 0.5) is 0 Å². The smallest absolute Gasteiger partial charge is 0.460 e. The average Bonchev–Trinajstić information content (AvgIpc) is 3.47. The molecule has 3 aliphatic rings. The van der Waals surface area contributed by atoms with Gasteiger partial charge in [-0.2, -0.15) is 0 Å². The van der Waals surface area contributed by atoms with Crippen molar-refractivity contribution >= 4 is 30.7 Å². The first-order valence-electron chi connectivity index (χ1n) is 13.3. The van der Waals surface area contributed by atoms with Crippen molar-refractivity contribution in [1.82, 2.24) is 9.55 Å². The molecule has 0 radical (unpaired) electrons. The van der Waals surface area contributed by atoms with Gasteiger partial charge in [-0.15, -0.1) is 0 Å². The normalized spacial score (nSPS) is 26.1. The topological polar surface area (TPSA) is 152 Å². The molecule has 0 saturated carbocycles. The molecule has 0 spiro atoms. The molecule has 1 unspecified atom stereocenters. The zero-order valence-corrected chi connectivity index (χ0v) is 23.6. The fraction of sp³-hybridized carbons (Fsp3) is 0.429. The highest BCUT2D eigenvalue weighted by Gasteiger charge is 2.53. The predicted octanol–water partition coefficient (Wildman–Crippen LogP) is 3.19. The second kappa shape index (κ2) is 10.1. The Morgan fingerprint density at radius 1 is 1.27 bits per heavy atom. The van der Waals surface area contributed by atoms with Crippen LogP contribution in [0.5, 0.6) is 0 Å². The zero-order valence-electron chi connectivity index (χ0n) is 22.7. The molecule has 3 aromatic rings. The number of carbonyl (C=O) groups excluding carboxylic acids is 2. The Morgan fingerprint density at radius 2 is 2.05 bits per heavy atom. The van der Waals surface area contributed by atoms with Gasteiger partial charge in [0.05, 0.1) is 48.3 Å². The van der Waals surface area contributed by atoms with Crippen LogP contribution in [0.25, 0.3) is 22.3 Å². The number of para-hydroxylation sites is 1. The number of fused-ring (bicyclic) bond motifs is 5. The minimum Gasteiger partial charge on any atom is -0.460 e. The minimum atomic E-state index is -4.91. The third-order valence-corrected chi connectivity index (χ3v) is 9.04. The Morgan fingerprint density at radius 3 is 2.80 bits per heavy atom. The highest BCUT2D eigenvalue weighted by atomic mass is 31.2. The van der Waals surface area contributed by atoms with Gasteiger partial charge >= 0.3 is 19.8 Å². The summed E-state index contributed by atoms with van der Waals surface area (Å²) in [5, 5.41) is 0.930. The van der Waals surface area contributed by atoms with Crippen LogP contribution in [0, 0.1) is 5.92 Å². The van der Waals surface area contributed by atoms with Crippen molar-refractivity contribution in [1.29, 1.82) is 0 Å². The number of rotatable bonds is 7. The Hall–Kier alpha value is -3.41. The molecule has 6 rings (SSSR count). The number of cyclic esters (lactones) is 1. The summed E-state index contributed by atoms with van der Waals surface area (Å²) in [5.41, 5.74) is 0.482. The van der Waals surface area contributed by atoms with Gasteiger partial charge in [0, 0.05) is 29.4 Å². The van der Waals surface area contributed by atoms with Crippen molar-refractivity contribution in [2.75, 3.05) is 13.2 Å². The molecule has 41 heavy (non-hydrogen) atoms. The van der Waals surface area contributed by atoms with E-state index < -0.39 is 43.1 Å². The van der Waals surface area contributed by atoms with E-state index in [2.05, 4.69) is 0 Å². The molecule has 13 heteroatoms. The minimum absolute atomic E-state index is 0.113. The third kappa shape index (κ3) is 4.69. The lowest BCUT2D eigenvalue weighted by atomic mass is 9.86. The molecule has 5 heterocycles. The van der Waals surface area contributed by atoms with Crippen LogP contribution < -0.4 is 5.56 Å². The summed E-state index contributed by atoms with van der Waals surface area (Å²) in [7, 11) is -4.91. The lowest BCUT2D eigenvalue weighted by Gasteiger charge is -2.36.